The molecule has 1 unspecified atom stereocenters. The standard InChI is InChI=1S/C23H29NO/c1-3-4-5-6-11-19(18(2)25)16-17-24-22-14-9-7-12-20(22)21-13-8-10-15-23(21)24/h7-10,12-15,19H,3-6,11,16-17H2,1-2H3. The molecule has 3 aromatic rings. The molecule has 25 heavy (non-hydrogen) atoms. The van der Waals surface area contributed by atoms with Crippen LogP contribution in [0.25, 0.3) is 21.8 Å². The number of fused-ring (bicyclic) bond motifs is 3. The summed E-state index contributed by atoms with van der Waals surface area (Å²) >= 11 is 0. The molecule has 0 bridgehead atoms. The molecule has 0 aliphatic heterocycles. The fourth-order valence-corrected chi connectivity index (χ4v) is 3.90. The van der Waals surface area contributed by atoms with E-state index in [1.54, 1.807) is 6.92 Å². The molecular formula is C23H29NO. The second-order valence-electron chi connectivity index (χ2n) is 7.13. The highest BCUT2D eigenvalue weighted by molar-refractivity contribution is 6.07. The van der Waals surface area contributed by atoms with Crippen LogP contribution < -0.4 is 0 Å². The van der Waals surface area contributed by atoms with E-state index >= 15 is 0 Å². The van der Waals surface area contributed by atoms with Gasteiger partial charge in [0.1, 0.15) is 5.78 Å². The summed E-state index contributed by atoms with van der Waals surface area (Å²) in [6.45, 7) is 4.90. The SMILES string of the molecule is CCCCCCC(CCn1c2ccccc2c2ccccc21)C(C)=O. The molecule has 0 radical (unpaired) electrons. The lowest BCUT2D eigenvalue weighted by molar-refractivity contribution is -0.121. The molecule has 1 heterocycles. The molecule has 0 N–H and O–H groups in total. The number of unbranched alkanes of at least 4 members (excludes halogenated alkanes) is 3. The van der Waals surface area contributed by atoms with E-state index in [1.807, 2.05) is 0 Å². The first-order valence-corrected chi connectivity index (χ1v) is 9.68. The Hall–Kier alpha value is -2.09. The average Bonchev–Trinajstić information content (AvgIpc) is 2.95. The maximum atomic E-state index is 12.1. The van der Waals surface area contributed by atoms with Crippen molar-refractivity contribution in [3.8, 4) is 0 Å². The molecule has 0 fully saturated rings. The van der Waals surface area contributed by atoms with Gasteiger partial charge in [0.15, 0.2) is 0 Å². The lowest BCUT2D eigenvalue weighted by Gasteiger charge is -2.15. The maximum Gasteiger partial charge on any atom is 0.132 e. The van der Waals surface area contributed by atoms with E-state index in [9.17, 15) is 4.79 Å². The number of Topliss-reactive ketones (excluding diaryl/α,β-unsaturated/α-hetero) is 1. The van der Waals surface area contributed by atoms with Gasteiger partial charge in [0, 0.05) is 34.3 Å². The van der Waals surface area contributed by atoms with E-state index in [4.69, 9.17) is 0 Å². The van der Waals surface area contributed by atoms with E-state index in [0.29, 0.717) is 5.78 Å². The van der Waals surface area contributed by atoms with Crippen LogP contribution in [-0.4, -0.2) is 10.4 Å². The molecule has 0 aliphatic rings. The van der Waals surface area contributed by atoms with Gasteiger partial charge in [-0.25, -0.2) is 0 Å². The Kier molecular flexibility index (Phi) is 5.91. The monoisotopic (exact) mass is 335 g/mol. The topological polar surface area (TPSA) is 22.0 Å². The Morgan fingerprint density at radius 3 is 2.04 bits per heavy atom. The third-order valence-electron chi connectivity index (χ3n) is 5.36. The van der Waals surface area contributed by atoms with Crippen LogP contribution in [0.3, 0.4) is 0 Å². The van der Waals surface area contributed by atoms with Crippen LogP contribution in [0.1, 0.15) is 52.4 Å². The molecule has 2 heteroatoms. The van der Waals surface area contributed by atoms with Crippen molar-refractivity contribution in [1.29, 1.82) is 0 Å². The van der Waals surface area contributed by atoms with Gasteiger partial charge in [0.25, 0.3) is 0 Å². The second-order valence-corrected chi connectivity index (χ2v) is 7.13. The molecular weight excluding hydrogens is 306 g/mol. The first-order chi connectivity index (χ1) is 12.2. The highest BCUT2D eigenvalue weighted by Crippen LogP contribution is 2.29. The zero-order valence-corrected chi connectivity index (χ0v) is 15.5. The normalized spacial score (nSPS) is 12.7. The zero-order chi connectivity index (χ0) is 17.6. The van der Waals surface area contributed by atoms with Crippen LogP contribution >= 0.6 is 0 Å². The zero-order valence-electron chi connectivity index (χ0n) is 15.5. The van der Waals surface area contributed by atoms with Gasteiger partial charge in [-0.2, -0.15) is 0 Å². The quantitative estimate of drug-likeness (QED) is 0.417. The summed E-state index contributed by atoms with van der Waals surface area (Å²) in [5.74, 6) is 0.536. The lowest BCUT2D eigenvalue weighted by atomic mass is 9.94. The minimum Gasteiger partial charge on any atom is -0.340 e. The van der Waals surface area contributed by atoms with E-state index in [1.165, 1.54) is 47.5 Å². The molecule has 2 aromatic carbocycles. The number of carbonyl (C=O) groups is 1. The highest BCUT2D eigenvalue weighted by atomic mass is 16.1. The van der Waals surface area contributed by atoms with E-state index in [2.05, 4.69) is 60.0 Å². The van der Waals surface area contributed by atoms with Gasteiger partial charge in [-0.15, -0.1) is 0 Å². The van der Waals surface area contributed by atoms with Gasteiger partial charge < -0.3 is 4.57 Å². The fourth-order valence-electron chi connectivity index (χ4n) is 3.90. The van der Waals surface area contributed by atoms with E-state index in [-0.39, 0.29) is 5.92 Å². The minimum atomic E-state index is 0.191. The molecule has 1 atom stereocenters. The van der Waals surface area contributed by atoms with Crippen molar-refractivity contribution in [2.45, 2.75) is 58.9 Å². The van der Waals surface area contributed by atoms with Gasteiger partial charge in [-0.1, -0.05) is 69.0 Å². The molecule has 3 rings (SSSR count). The van der Waals surface area contributed by atoms with E-state index < -0.39 is 0 Å². The second kappa shape index (κ2) is 8.33. The first-order valence-electron chi connectivity index (χ1n) is 9.68. The molecule has 0 saturated carbocycles. The van der Waals surface area contributed by atoms with Crippen LogP contribution in [0.15, 0.2) is 48.5 Å². The number of carbonyl (C=O) groups excluding carboxylic acids is 1. The summed E-state index contributed by atoms with van der Waals surface area (Å²) in [7, 11) is 0. The van der Waals surface area contributed by atoms with Crippen LogP contribution in [0.5, 0.6) is 0 Å². The predicted molar refractivity (Wildman–Crippen MR) is 107 cm³/mol. The summed E-state index contributed by atoms with van der Waals surface area (Å²) in [5, 5.41) is 2.61. The summed E-state index contributed by atoms with van der Waals surface area (Å²) < 4.78 is 2.40. The Bertz CT molecular complexity index is 792. The van der Waals surface area contributed by atoms with Crippen LogP contribution in [-0.2, 0) is 11.3 Å². The van der Waals surface area contributed by atoms with Gasteiger partial charge in [-0.3, -0.25) is 4.79 Å². The molecule has 1 aromatic heterocycles. The van der Waals surface area contributed by atoms with Crippen molar-refractivity contribution in [3.63, 3.8) is 0 Å². The van der Waals surface area contributed by atoms with Crippen LogP contribution in [0.4, 0.5) is 0 Å². The average molecular weight is 335 g/mol. The molecule has 0 amide bonds. The van der Waals surface area contributed by atoms with Gasteiger partial charge in [0.2, 0.25) is 0 Å². The fraction of sp³-hybridized carbons (Fsp3) is 0.435. The number of ketones is 1. The van der Waals surface area contributed by atoms with Crippen molar-refractivity contribution in [3.05, 3.63) is 48.5 Å². The predicted octanol–water partition coefficient (Wildman–Crippen LogP) is 6.36. The molecule has 0 saturated heterocycles. The number of hydrogen-bond donors (Lipinski definition) is 0. The van der Waals surface area contributed by atoms with Crippen molar-refractivity contribution >= 4 is 27.6 Å². The number of nitrogens with zero attached hydrogens (tertiary/aromatic N) is 1. The molecule has 0 aliphatic carbocycles. The van der Waals surface area contributed by atoms with Crippen LogP contribution in [0.2, 0.25) is 0 Å². The first kappa shape index (κ1) is 17.7. The highest BCUT2D eigenvalue weighted by Gasteiger charge is 2.16. The maximum absolute atomic E-state index is 12.1. The summed E-state index contributed by atoms with van der Waals surface area (Å²) in [6, 6.07) is 17.2. The van der Waals surface area contributed by atoms with Crippen molar-refractivity contribution in [2.75, 3.05) is 0 Å². The van der Waals surface area contributed by atoms with Crippen molar-refractivity contribution in [2.24, 2.45) is 5.92 Å². The Morgan fingerprint density at radius 1 is 0.880 bits per heavy atom. The summed E-state index contributed by atoms with van der Waals surface area (Å²) in [6.07, 6.45) is 6.90. The van der Waals surface area contributed by atoms with Crippen molar-refractivity contribution in [1.82, 2.24) is 4.57 Å². The van der Waals surface area contributed by atoms with Crippen molar-refractivity contribution < 1.29 is 4.79 Å². The van der Waals surface area contributed by atoms with Gasteiger partial charge in [0.05, 0.1) is 0 Å². The number of benzene rings is 2. The number of aromatic nitrogens is 1. The lowest BCUT2D eigenvalue weighted by Crippen LogP contribution is -2.14. The largest absolute Gasteiger partial charge is 0.340 e. The number of hydrogen-bond acceptors (Lipinski definition) is 1. The number of para-hydroxylation sites is 2. The summed E-state index contributed by atoms with van der Waals surface area (Å²) in [5.41, 5.74) is 2.55. The Balaban J connectivity index is 1.80. The third-order valence-corrected chi connectivity index (χ3v) is 5.36. The smallest absolute Gasteiger partial charge is 0.132 e. The van der Waals surface area contributed by atoms with Gasteiger partial charge >= 0.3 is 0 Å². The van der Waals surface area contributed by atoms with Crippen LogP contribution in [0, 0.1) is 5.92 Å². The minimum absolute atomic E-state index is 0.191. The summed E-state index contributed by atoms with van der Waals surface area (Å²) in [4.78, 5) is 12.1. The van der Waals surface area contributed by atoms with Gasteiger partial charge in [-0.05, 0) is 31.9 Å². The Labute approximate surface area is 150 Å². The third kappa shape index (κ3) is 3.95. The number of aryl methyl sites for hydroxylation is 1. The Morgan fingerprint density at radius 2 is 1.48 bits per heavy atom. The number of rotatable bonds is 9. The van der Waals surface area contributed by atoms with E-state index in [0.717, 1.165) is 19.4 Å². The molecule has 132 valence electrons. The molecule has 2 nitrogen and oxygen atoms in total. The molecule has 0 spiro atoms.